The van der Waals surface area contributed by atoms with Crippen molar-refractivity contribution < 1.29 is 0 Å². The third kappa shape index (κ3) is 4.52. The Kier molecular flexibility index (Phi) is 5.67. The van der Waals surface area contributed by atoms with Crippen LogP contribution in [0, 0.1) is 0 Å². The summed E-state index contributed by atoms with van der Waals surface area (Å²) in [5.41, 5.74) is 3.41. The number of anilines is 1. The van der Waals surface area contributed by atoms with Crippen LogP contribution in [0.1, 0.15) is 44.1 Å². The Bertz CT molecular complexity index is 554. The summed E-state index contributed by atoms with van der Waals surface area (Å²) in [5, 5.41) is 11.8. The van der Waals surface area contributed by atoms with E-state index in [1.54, 1.807) is 0 Å². The van der Waals surface area contributed by atoms with Crippen LogP contribution in [0.15, 0.2) is 30.3 Å². The Balaban J connectivity index is 1.91. The van der Waals surface area contributed by atoms with E-state index in [-0.39, 0.29) is 0 Å². The van der Waals surface area contributed by atoms with Crippen LogP contribution in [0.2, 0.25) is 0 Å². The van der Waals surface area contributed by atoms with E-state index in [0.29, 0.717) is 12.0 Å². The zero-order valence-electron chi connectivity index (χ0n) is 13.1. The highest BCUT2D eigenvalue weighted by atomic mass is 15.2. The van der Waals surface area contributed by atoms with Gasteiger partial charge in [-0.3, -0.25) is 0 Å². The van der Waals surface area contributed by atoms with Gasteiger partial charge < -0.3 is 5.32 Å². The maximum Gasteiger partial charge on any atom is 0.243 e. The van der Waals surface area contributed by atoms with Crippen LogP contribution in [0.5, 0.6) is 0 Å². The average molecular weight is 284 g/mol. The molecule has 0 fully saturated rings. The van der Waals surface area contributed by atoms with E-state index in [0.717, 1.165) is 37.1 Å². The average Bonchev–Trinajstić information content (AvgIpc) is 2.53. The Morgan fingerprint density at radius 2 is 1.71 bits per heavy atom. The summed E-state index contributed by atoms with van der Waals surface area (Å²) in [6.07, 6.45) is 3.87. The molecule has 1 atom stereocenters. The molecule has 4 heteroatoms. The normalized spacial score (nSPS) is 12.1. The van der Waals surface area contributed by atoms with Gasteiger partial charge in [0.15, 0.2) is 0 Å². The number of benzene rings is 1. The quantitative estimate of drug-likeness (QED) is 0.846. The molecular formula is C17H24N4. The summed E-state index contributed by atoms with van der Waals surface area (Å²) in [7, 11) is 0. The van der Waals surface area contributed by atoms with Crippen molar-refractivity contribution in [2.45, 2.75) is 52.5 Å². The van der Waals surface area contributed by atoms with Crippen LogP contribution in [-0.4, -0.2) is 21.2 Å². The topological polar surface area (TPSA) is 50.7 Å². The summed E-state index contributed by atoms with van der Waals surface area (Å²) >= 11 is 0. The van der Waals surface area contributed by atoms with Crippen LogP contribution in [-0.2, 0) is 19.3 Å². The first-order valence-electron chi connectivity index (χ1n) is 7.75. The van der Waals surface area contributed by atoms with Crippen molar-refractivity contribution in [3.63, 3.8) is 0 Å². The van der Waals surface area contributed by atoms with Gasteiger partial charge in [0.1, 0.15) is 0 Å². The third-order valence-electron chi connectivity index (χ3n) is 3.59. The molecular weight excluding hydrogens is 260 g/mol. The second-order valence-electron chi connectivity index (χ2n) is 5.31. The molecule has 2 rings (SSSR count). The second-order valence-corrected chi connectivity index (χ2v) is 5.31. The SMILES string of the molecule is CCc1nnc(NC(C)CCc2ccccc2)nc1CC. The van der Waals surface area contributed by atoms with Gasteiger partial charge in [-0.1, -0.05) is 44.2 Å². The van der Waals surface area contributed by atoms with E-state index in [2.05, 4.69) is 65.5 Å². The van der Waals surface area contributed by atoms with Crippen molar-refractivity contribution in [3.8, 4) is 0 Å². The smallest absolute Gasteiger partial charge is 0.243 e. The van der Waals surface area contributed by atoms with Crippen LogP contribution in [0.4, 0.5) is 5.95 Å². The molecule has 0 amide bonds. The molecule has 0 bridgehead atoms. The number of nitrogens with zero attached hydrogens (tertiary/aromatic N) is 3. The molecule has 1 aromatic heterocycles. The molecule has 1 unspecified atom stereocenters. The highest BCUT2D eigenvalue weighted by Crippen LogP contribution is 2.10. The summed E-state index contributed by atoms with van der Waals surface area (Å²) in [4.78, 5) is 4.57. The van der Waals surface area contributed by atoms with E-state index in [1.165, 1.54) is 5.56 Å². The van der Waals surface area contributed by atoms with Crippen molar-refractivity contribution in [2.24, 2.45) is 0 Å². The standard InChI is InChI=1S/C17H24N4/c1-4-15-16(5-2)20-21-17(19-15)18-13(3)11-12-14-9-7-6-8-10-14/h6-10,13H,4-5,11-12H2,1-3H3,(H,18,19,21). The first-order valence-corrected chi connectivity index (χ1v) is 7.75. The van der Waals surface area contributed by atoms with Gasteiger partial charge in [0.25, 0.3) is 0 Å². The Labute approximate surface area is 127 Å². The van der Waals surface area contributed by atoms with Crippen LogP contribution in [0.25, 0.3) is 0 Å². The third-order valence-corrected chi connectivity index (χ3v) is 3.59. The lowest BCUT2D eigenvalue weighted by molar-refractivity contribution is 0.690. The maximum absolute atomic E-state index is 4.57. The molecule has 0 radical (unpaired) electrons. The summed E-state index contributed by atoms with van der Waals surface area (Å²) in [6, 6.07) is 10.9. The van der Waals surface area contributed by atoms with Crippen LogP contribution in [0.3, 0.4) is 0 Å². The molecule has 112 valence electrons. The first-order chi connectivity index (χ1) is 10.2. The van der Waals surface area contributed by atoms with Gasteiger partial charge in [0.05, 0.1) is 11.4 Å². The molecule has 0 saturated carbocycles. The number of hydrogen-bond acceptors (Lipinski definition) is 4. The van der Waals surface area contributed by atoms with Gasteiger partial charge in [-0.05, 0) is 38.2 Å². The Morgan fingerprint density at radius 1 is 1.00 bits per heavy atom. The van der Waals surface area contributed by atoms with E-state index < -0.39 is 0 Å². The minimum atomic E-state index is 0.323. The molecule has 0 spiro atoms. The monoisotopic (exact) mass is 284 g/mol. The highest BCUT2D eigenvalue weighted by molar-refractivity contribution is 5.27. The molecule has 0 aliphatic heterocycles. The molecule has 1 aromatic carbocycles. The lowest BCUT2D eigenvalue weighted by Gasteiger charge is -2.14. The summed E-state index contributed by atoms with van der Waals surface area (Å²) < 4.78 is 0. The van der Waals surface area contributed by atoms with Crippen molar-refractivity contribution in [1.29, 1.82) is 0 Å². The molecule has 1 N–H and O–H groups in total. The fraction of sp³-hybridized carbons (Fsp3) is 0.471. The van der Waals surface area contributed by atoms with Crippen molar-refractivity contribution in [3.05, 3.63) is 47.3 Å². The highest BCUT2D eigenvalue weighted by Gasteiger charge is 2.09. The second kappa shape index (κ2) is 7.72. The van der Waals surface area contributed by atoms with Gasteiger partial charge in [-0.15, -0.1) is 5.10 Å². The predicted octanol–water partition coefficient (Wildman–Crippen LogP) is 3.43. The van der Waals surface area contributed by atoms with Gasteiger partial charge in [0.2, 0.25) is 5.95 Å². The molecule has 0 saturated heterocycles. The van der Waals surface area contributed by atoms with E-state index >= 15 is 0 Å². The Hall–Kier alpha value is -1.97. The fourth-order valence-corrected chi connectivity index (χ4v) is 2.32. The predicted molar refractivity (Wildman–Crippen MR) is 86.4 cm³/mol. The van der Waals surface area contributed by atoms with Gasteiger partial charge >= 0.3 is 0 Å². The largest absolute Gasteiger partial charge is 0.350 e. The van der Waals surface area contributed by atoms with Gasteiger partial charge in [-0.25, -0.2) is 4.98 Å². The molecule has 21 heavy (non-hydrogen) atoms. The molecule has 2 aromatic rings. The molecule has 0 aliphatic carbocycles. The van der Waals surface area contributed by atoms with E-state index in [4.69, 9.17) is 0 Å². The number of aryl methyl sites for hydroxylation is 3. The number of hydrogen-bond donors (Lipinski definition) is 1. The summed E-state index contributed by atoms with van der Waals surface area (Å²) in [6.45, 7) is 6.35. The lowest BCUT2D eigenvalue weighted by atomic mass is 10.1. The first kappa shape index (κ1) is 15.4. The number of rotatable bonds is 7. The van der Waals surface area contributed by atoms with Crippen LogP contribution < -0.4 is 5.32 Å². The molecule has 4 nitrogen and oxygen atoms in total. The minimum absolute atomic E-state index is 0.323. The van der Waals surface area contributed by atoms with Crippen molar-refractivity contribution in [2.75, 3.05) is 5.32 Å². The van der Waals surface area contributed by atoms with E-state index in [9.17, 15) is 0 Å². The van der Waals surface area contributed by atoms with Crippen LogP contribution >= 0.6 is 0 Å². The van der Waals surface area contributed by atoms with Gasteiger partial charge in [-0.2, -0.15) is 5.10 Å². The van der Waals surface area contributed by atoms with Crippen molar-refractivity contribution in [1.82, 2.24) is 15.2 Å². The maximum atomic E-state index is 4.57. The summed E-state index contributed by atoms with van der Waals surface area (Å²) in [5.74, 6) is 0.643. The number of aromatic nitrogens is 3. The zero-order chi connectivity index (χ0) is 15.1. The minimum Gasteiger partial charge on any atom is -0.350 e. The molecule has 1 heterocycles. The van der Waals surface area contributed by atoms with Gasteiger partial charge in [0, 0.05) is 6.04 Å². The Morgan fingerprint density at radius 3 is 2.38 bits per heavy atom. The molecule has 0 aliphatic rings. The fourth-order valence-electron chi connectivity index (χ4n) is 2.32. The van der Waals surface area contributed by atoms with E-state index in [1.807, 2.05) is 6.07 Å². The van der Waals surface area contributed by atoms with Crippen molar-refractivity contribution >= 4 is 5.95 Å². The number of nitrogens with one attached hydrogen (secondary N) is 1. The lowest BCUT2D eigenvalue weighted by Crippen LogP contribution is -2.19. The zero-order valence-corrected chi connectivity index (χ0v) is 13.1.